The van der Waals surface area contributed by atoms with Gasteiger partial charge in [0.2, 0.25) is 11.8 Å². The minimum Gasteiger partial charge on any atom is -0.481 e. The fourth-order valence-electron chi connectivity index (χ4n) is 5.24. The Kier molecular flexibility index (Phi) is 7.92. The molecule has 3 atom stereocenters. The molecule has 1 aromatic carbocycles. The highest BCUT2D eigenvalue weighted by Crippen LogP contribution is 2.34. The lowest BCUT2D eigenvalue weighted by Gasteiger charge is -2.19. The molecular formula is C28H37N7O3. The molecule has 202 valence electrons. The first kappa shape index (κ1) is 26.1. The SMILES string of the molecule is CCC[C@@H](CO)Nc1nc(N)nc2c3ccccc3n(Cc3cc(CN[C@H]4COC[C@@H]4C)cnc3OC)c12. The van der Waals surface area contributed by atoms with Gasteiger partial charge < -0.3 is 35.5 Å². The predicted molar refractivity (Wildman–Crippen MR) is 149 cm³/mol. The number of nitrogens with two attached hydrogens (primary N) is 1. The molecule has 0 spiro atoms. The van der Waals surface area contributed by atoms with E-state index < -0.39 is 0 Å². The third-order valence-corrected chi connectivity index (χ3v) is 7.26. The quantitative estimate of drug-likeness (QED) is 0.236. The van der Waals surface area contributed by atoms with Crippen LogP contribution in [0.15, 0.2) is 36.5 Å². The van der Waals surface area contributed by atoms with Gasteiger partial charge in [-0.25, -0.2) is 9.97 Å². The standard InChI is InChI=1S/C28H37N7O3/c1-4-7-20(14-36)32-26-25-24(33-28(29)34-26)21-8-5-6-9-23(21)35(25)13-19-10-18(12-31-27(19)37-3)11-30-22-16-38-15-17(22)2/h5-6,8-10,12,17,20,22,30,36H,4,7,11,13-16H2,1-3H3,(H3,29,32,33,34)/t17-,20-,22-/m0/s1. The van der Waals surface area contributed by atoms with E-state index in [2.05, 4.69) is 56.1 Å². The Morgan fingerprint density at radius 2 is 2.11 bits per heavy atom. The number of nitrogen functional groups attached to an aromatic ring is 1. The molecule has 5 rings (SSSR count). The molecule has 0 bridgehead atoms. The van der Waals surface area contributed by atoms with Crippen LogP contribution in [0.3, 0.4) is 0 Å². The number of fused-ring (bicyclic) bond motifs is 3. The molecule has 1 saturated heterocycles. The van der Waals surface area contributed by atoms with E-state index >= 15 is 0 Å². The molecule has 10 nitrogen and oxygen atoms in total. The molecular weight excluding hydrogens is 482 g/mol. The fourth-order valence-corrected chi connectivity index (χ4v) is 5.24. The smallest absolute Gasteiger partial charge is 0.222 e. The predicted octanol–water partition coefficient (Wildman–Crippen LogP) is 3.32. The van der Waals surface area contributed by atoms with Crippen molar-refractivity contribution in [2.75, 3.05) is 38.0 Å². The van der Waals surface area contributed by atoms with Crippen LogP contribution >= 0.6 is 0 Å². The first-order valence-corrected chi connectivity index (χ1v) is 13.3. The van der Waals surface area contributed by atoms with Crippen LogP contribution in [0, 0.1) is 5.92 Å². The zero-order valence-corrected chi connectivity index (χ0v) is 22.3. The first-order chi connectivity index (χ1) is 18.5. The van der Waals surface area contributed by atoms with Crippen LogP contribution in [-0.4, -0.2) is 63.6 Å². The third-order valence-electron chi connectivity index (χ3n) is 7.26. The molecule has 0 aliphatic carbocycles. The molecule has 1 aliphatic heterocycles. The molecule has 0 amide bonds. The second-order valence-corrected chi connectivity index (χ2v) is 10.1. The highest BCUT2D eigenvalue weighted by Gasteiger charge is 2.24. The van der Waals surface area contributed by atoms with E-state index in [4.69, 9.17) is 15.2 Å². The van der Waals surface area contributed by atoms with E-state index in [1.807, 2.05) is 24.4 Å². The summed E-state index contributed by atoms with van der Waals surface area (Å²) < 4.78 is 13.4. The molecule has 4 aromatic rings. The second-order valence-electron chi connectivity index (χ2n) is 10.1. The molecule has 0 saturated carbocycles. The third kappa shape index (κ3) is 5.24. The maximum Gasteiger partial charge on any atom is 0.222 e. The zero-order valence-electron chi connectivity index (χ0n) is 22.3. The van der Waals surface area contributed by atoms with Gasteiger partial charge in [0.15, 0.2) is 5.82 Å². The molecule has 10 heteroatoms. The Labute approximate surface area is 222 Å². The molecule has 1 fully saturated rings. The summed E-state index contributed by atoms with van der Waals surface area (Å²) in [4.78, 5) is 13.8. The summed E-state index contributed by atoms with van der Waals surface area (Å²) in [5.41, 5.74) is 10.8. The lowest BCUT2D eigenvalue weighted by Crippen LogP contribution is -2.33. The van der Waals surface area contributed by atoms with Gasteiger partial charge in [-0.3, -0.25) is 0 Å². The minimum absolute atomic E-state index is 0.00307. The maximum atomic E-state index is 9.97. The van der Waals surface area contributed by atoms with Crippen LogP contribution < -0.4 is 21.1 Å². The van der Waals surface area contributed by atoms with Crippen molar-refractivity contribution >= 4 is 33.7 Å². The lowest BCUT2D eigenvalue weighted by atomic mass is 10.1. The van der Waals surface area contributed by atoms with Gasteiger partial charge in [-0.15, -0.1) is 0 Å². The number of rotatable bonds is 11. The van der Waals surface area contributed by atoms with Gasteiger partial charge in [0.05, 0.1) is 45.0 Å². The van der Waals surface area contributed by atoms with E-state index in [1.165, 1.54) is 0 Å². The molecule has 0 unspecified atom stereocenters. The van der Waals surface area contributed by atoms with Crippen LogP contribution in [0.5, 0.6) is 5.88 Å². The van der Waals surface area contributed by atoms with Crippen molar-refractivity contribution in [1.82, 2.24) is 24.8 Å². The van der Waals surface area contributed by atoms with E-state index in [0.717, 1.165) is 59.1 Å². The number of nitrogens with one attached hydrogen (secondary N) is 2. The van der Waals surface area contributed by atoms with Gasteiger partial charge in [-0.1, -0.05) is 38.5 Å². The number of benzene rings is 1. The summed E-state index contributed by atoms with van der Waals surface area (Å²) in [6.07, 6.45) is 3.59. The van der Waals surface area contributed by atoms with Crippen LogP contribution in [-0.2, 0) is 17.8 Å². The van der Waals surface area contributed by atoms with Crippen LogP contribution in [0.4, 0.5) is 11.8 Å². The topological polar surface area (TPSA) is 132 Å². The summed E-state index contributed by atoms with van der Waals surface area (Å²) >= 11 is 0. The number of aromatic nitrogens is 4. The van der Waals surface area contributed by atoms with Crippen LogP contribution in [0.1, 0.15) is 37.8 Å². The summed E-state index contributed by atoms with van der Waals surface area (Å²) in [5, 5.41) is 18.0. The van der Waals surface area contributed by atoms with Crippen molar-refractivity contribution in [2.45, 2.75) is 51.9 Å². The Morgan fingerprint density at radius 1 is 1.26 bits per heavy atom. The van der Waals surface area contributed by atoms with E-state index in [-0.39, 0.29) is 18.6 Å². The Balaban J connectivity index is 1.57. The summed E-state index contributed by atoms with van der Waals surface area (Å²) in [7, 11) is 1.64. The summed E-state index contributed by atoms with van der Waals surface area (Å²) in [6.45, 7) is 6.99. The summed E-state index contributed by atoms with van der Waals surface area (Å²) in [5.74, 6) is 1.85. The van der Waals surface area contributed by atoms with Crippen molar-refractivity contribution in [3.8, 4) is 5.88 Å². The highest BCUT2D eigenvalue weighted by molar-refractivity contribution is 6.09. The number of methoxy groups -OCH3 is 1. The van der Waals surface area contributed by atoms with E-state index in [9.17, 15) is 5.11 Å². The number of ether oxygens (including phenoxy) is 2. The zero-order chi connectivity index (χ0) is 26.6. The molecule has 4 heterocycles. The van der Waals surface area contributed by atoms with Gasteiger partial charge in [-0.05, 0) is 30.0 Å². The monoisotopic (exact) mass is 519 g/mol. The highest BCUT2D eigenvalue weighted by atomic mass is 16.5. The molecule has 1 aliphatic rings. The second kappa shape index (κ2) is 11.5. The molecule has 0 radical (unpaired) electrons. The van der Waals surface area contributed by atoms with Gasteiger partial charge in [-0.2, -0.15) is 4.98 Å². The van der Waals surface area contributed by atoms with E-state index in [1.54, 1.807) is 7.11 Å². The van der Waals surface area contributed by atoms with Crippen molar-refractivity contribution in [1.29, 1.82) is 0 Å². The van der Waals surface area contributed by atoms with Gasteiger partial charge in [0.1, 0.15) is 11.0 Å². The number of anilines is 2. The minimum atomic E-state index is -0.142. The molecule has 5 N–H and O–H groups in total. The van der Waals surface area contributed by atoms with E-state index in [0.29, 0.717) is 36.7 Å². The summed E-state index contributed by atoms with van der Waals surface area (Å²) in [6, 6.07) is 10.4. The number of para-hydroxylation sites is 1. The average Bonchev–Trinajstić information content (AvgIpc) is 3.48. The number of hydrogen-bond donors (Lipinski definition) is 4. The molecule has 3 aromatic heterocycles. The number of pyridine rings is 1. The van der Waals surface area contributed by atoms with Crippen molar-refractivity contribution < 1.29 is 14.6 Å². The van der Waals surface area contributed by atoms with Gasteiger partial charge in [0, 0.05) is 29.7 Å². The van der Waals surface area contributed by atoms with Crippen molar-refractivity contribution in [3.63, 3.8) is 0 Å². The Hall–Kier alpha value is -3.47. The Bertz CT molecular complexity index is 1410. The van der Waals surface area contributed by atoms with Crippen molar-refractivity contribution in [2.24, 2.45) is 5.92 Å². The fraction of sp³-hybridized carbons (Fsp3) is 0.464. The number of hydrogen-bond acceptors (Lipinski definition) is 9. The van der Waals surface area contributed by atoms with Gasteiger partial charge in [0.25, 0.3) is 0 Å². The normalized spacial score (nSPS) is 18.3. The first-order valence-electron chi connectivity index (χ1n) is 13.3. The maximum absolute atomic E-state index is 9.97. The van der Waals surface area contributed by atoms with Gasteiger partial charge >= 0.3 is 0 Å². The average molecular weight is 520 g/mol. The lowest BCUT2D eigenvalue weighted by molar-refractivity contribution is 0.184. The largest absolute Gasteiger partial charge is 0.481 e. The number of aliphatic hydroxyl groups excluding tert-OH is 1. The van der Waals surface area contributed by atoms with Crippen LogP contribution in [0.25, 0.3) is 21.9 Å². The molecule has 38 heavy (non-hydrogen) atoms. The van der Waals surface area contributed by atoms with Crippen LogP contribution in [0.2, 0.25) is 0 Å². The Morgan fingerprint density at radius 3 is 2.84 bits per heavy atom. The number of aliphatic hydroxyl groups is 1. The number of nitrogens with zero attached hydrogens (tertiary/aromatic N) is 4. The van der Waals surface area contributed by atoms with Crippen molar-refractivity contribution in [3.05, 3.63) is 47.7 Å².